The van der Waals surface area contributed by atoms with Crippen LogP contribution in [0.1, 0.15) is 46.5 Å². The van der Waals surface area contributed by atoms with E-state index in [1.807, 2.05) is 0 Å². The summed E-state index contributed by atoms with van der Waals surface area (Å²) in [5.74, 6) is -0.675. The summed E-state index contributed by atoms with van der Waals surface area (Å²) in [5, 5.41) is 8.82. The van der Waals surface area contributed by atoms with E-state index in [2.05, 4.69) is 25.7 Å². The van der Waals surface area contributed by atoms with Crippen LogP contribution in [0.25, 0.3) is 0 Å². The van der Waals surface area contributed by atoms with Crippen molar-refractivity contribution in [3.63, 3.8) is 0 Å². The molecule has 0 aromatic heterocycles. The molecule has 3 nitrogen and oxygen atoms in total. The summed E-state index contributed by atoms with van der Waals surface area (Å²) in [5.41, 5.74) is 0.0978. The molecule has 0 unspecified atom stereocenters. The molecule has 1 aliphatic rings. The minimum absolute atomic E-state index is 0.0978. The first-order valence-corrected chi connectivity index (χ1v) is 5.40. The van der Waals surface area contributed by atoms with Gasteiger partial charge in [0.15, 0.2) is 0 Å². The van der Waals surface area contributed by atoms with Crippen molar-refractivity contribution < 1.29 is 9.90 Å². The number of carboxylic acid groups (broad SMARTS) is 1. The Morgan fingerprint density at radius 3 is 2.57 bits per heavy atom. The average molecular weight is 199 g/mol. The molecule has 1 N–H and O–H groups in total. The predicted octanol–water partition coefficient (Wildman–Crippen LogP) is 2.11. The van der Waals surface area contributed by atoms with Gasteiger partial charge < -0.3 is 5.11 Å². The highest BCUT2D eigenvalue weighted by atomic mass is 16.4. The predicted molar refractivity (Wildman–Crippen MR) is 56.4 cm³/mol. The normalized spacial score (nSPS) is 24.9. The number of hydrogen-bond donors (Lipinski definition) is 1. The minimum atomic E-state index is -0.675. The molecule has 1 atom stereocenters. The van der Waals surface area contributed by atoms with E-state index in [9.17, 15) is 4.79 Å². The van der Waals surface area contributed by atoms with Crippen LogP contribution in [0.5, 0.6) is 0 Å². The summed E-state index contributed by atoms with van der Waals surface area (Å²) in [6.45, 7) is 7.52. The maximum atomic E-state index is 10.7. The lowest BCUT2D eigenvalue weighted by molar-refractivity contribution is -0.139. The number of carbonyl (C=O) groups is 1. The van der Waals surface area contributed by atoms with Gasteiger partial charge in [0.25, 0.3) is 0 Å². The Balaban J connectivity index is 2.64. The molecule has 0 saturated carbocycles. The fourth-order valence-electron chi connectivity index (χ4n) is 2.30. The molecule has 0 aliphatic carbocycles. The largest absolute Gasteiger partial charge is 0.481 e. The van der Waals surface area contributed by atoms with Gasteiger partial charge in [0, 0.05) is 11.6 Å². The zero-order valence-corrected chi connectivity index (χ0v) is 9.42. The highest BCUT2D eigenvalue weighted by Crippen LogP contribution is 2.27. The fraction of sp³-hybridized carbons (Fsp3) is 0.909. The van der Waals surface area contributed by atoms with Crippen LogP contribution in [0, 0.1) is 0 Å². The molecule has 1 saturated heterocycles. The number of likely N-dealkylation sites (tertiary alicyclic amines) is 1. The Morgan fingerprint density at radius 1 is 1.43 bits per heavy atom. The Labute approximate surface area is 86.1 Å². The van der Waals surface area contributed by atoms with Crippen molar-refractivity contribution in [3.05, 3.63) is 0 Å². The smallest absolute Gasteiger partial charge is 0.304 e. The van der Waals surface area contributed by atoms with Gasteiger partial charge >= 0.3 is 5.97 Å². The molecule has 3 heteroatoms. The molecule has 0 amide bonds. The summed E-state index contributed by atoms with van der Waals surface area (Å²) >= 11 is 0. The molecular weight excluding hydrogens is 178 g/mol. The van der Waals surface area contributed by atoms with Gasteiger partial charge in [0.2, 0.25) is 0 Å². The number of rotatable bonds is 2. The molecule has 0 bridgehead atoms. The molecule has 14 heavy (non-hydrogen) atoms. The van der Waals surface area contributed by atoms with Crippen LogP contribution in [0.2, 0.25) is 0 Å². The first-order valence-electron chi connectivity index (χ1n) is 5.40. The standard InChI is InChI=1S/C11H21NO2/c1-11(2,3)12-7-5-4-6-9(12)8-10(13)14/h9H,4-8H2,1-3H3,(H,13,14)/t9-/m1/s1. The van der Waals surface area contributed by atoms with E-state index >= 15 is 0 Å². The van der Waals surface area contributed by atoms with E-state index in [0.29, 0.717) is 0 Å². The summed E-state index contributed by atoms with van der Waals surface area (Å²) in [6.07, 6.45) is 3.69. The van der Waals surface area contributed by atoms with Crippen LogP contribution in [0.15, 0.2) is 0 Å². The molecule has 0 aromatic rings. The van der Waals surface area contributed by atoms with Gasteiger partial charge in [0.1, 0.15) is 0 Å². The van der Waals surface area contributed by atoms with Crippen LogP contribution in [0.4, 0.5) is 0 Å². The third-order valence-electron chi connectivity index (χ3n) is 2.90. The zero-order chi connectivity index (χ0) is 10.8. The van der Waals surface area contributed by atoms with Crippen LogP contribution in [-0.4, -0.2) is 34.1 Å². The van der Waals surface area contributed by atoms with Gasteiger partial charge in [-0.25, -0.2) is 0 Å². The third kappa shape index (κ3) is 2.98. The van der Waals surface area contributed by atoms with Crippen molar-refractivity contribution in [1.82, 2.24) is 4.90 Å². The maximum absolute atomic E-state index is 10.7. The molecular formula is C11H21NO2. The lowest BCUT2D eigenvalue weighted by Gasteiger charge is -2.44. The minimum Gasteiger partial charge on any atom is -0.481 e. The lowest BCUT2D eigenvalue weighted by Crippen LogP contribution is -2.51. The fourth-order valence-corrected chi connectivity index (χ4v) is 2.30. The Hall–Kier alpha value is -0.570. The molecule has 0 aromatic carbocycles. The second kappa shape index (κ2) is 4.30. The Morgan fingerprint density at radius 2 is 2.07 bits per heavy atom. The lowest BCUT2D eigenvalue weighted by atomic mass is 9.93. The van der Waals surface area contributed by atoms with Gasteiger partial charge in [-0.3, -0.25) is 9.69 Å². The molecule has 1 fully saturated rings. The van der Waals surface area contributed by atoms with E-state index < -0.39 is 5.97 Å². The molecule has 0 radical (unpaired) electrons. The first-order chi connectivity index (χ1) is 6.41. The molecule has 1 heterocycles. The van der Waals surface area contributed by atoms with E-state index in [-0.39, 0.29) is 18.0 Å². The average Bonchev–Trinajstić information content (AvgIpc) is 2.01. The number of piperidine rings is 1. The molecule has 1 rings (SSSR count). The second-order valence-electron chi connectivity index (χ2n) is 5.11. The van der Waals surface area contributed by atoms with Gasteiger partial charge in [-0.05, 0) is 40.2 Å². The van der Waals surface area contributed by atoms with Gasteiger partial charge in [-0.15, -0.1) is 0 Å². The number of hydrogen-bond acceptors (Lipinski definition) is 2. The van der Waals surface area contributed by atoms with Crippen LogP contribution in [0.3, 0.4) is 0 Å². The number of nitrogens with zero attached hydrogens (tertiary/aromatic N) is 1. The third-order valence-corrected chi connectivity index (χ3v) is 2.90. The summed E-state index contributed by atoms with van der Waals surface area (Å²) < 4.78 is 0. The monoisotopic (exact) mass is 199 g/mol. The van der Waals surface area contributed by atoms with E-state index in [1.165, 1.54) is 12.8 Å². The number of aliphatic carboxylic acids is 1. The van der Waals surface area contributed by atoms with Crippen LogP contribution in [-0.2, 0) is 4.79 Å². The number of carboxylic acids is 1. The Bertz CT molecular complexity index is 208. The summed E-state index contributed by atoms with van der Waals surface area (Å²) in [4.78, 5) is 13.1. The van der Waals surface area contributed by atoms with E-state index in [1.54, 1.807) is 0 Å². The van der Waals surface area contributed by atoms with Crippen LogP contribution < -0.4 is 0 Å². The van der Waals surface area contributed by atoms with Gasteiger partial charge in [-0.2, -0.15) is 0 Å². The van der Waals surface area contributed by atoms with E-state index in [0.717, 1.165) is 13.0 Å². The van der Waals surface area contributed by atoms with Crippen molar-refractivity contribution in [2.24, 2.45) is 0 Å². The Kier molecular flexibility index (Phi) is 3.53. The van der Waals surface area contributed by atoms with Crippen molar-refractivity contribution in [2.75, 3.05) is 6.54 Å². The molecule has 0 spiro atoms. The summed E-state index contributed by atoms with van der Waals surface area (Å²) in [6, 6.07) is 0.237. The first kappa shape index (κ1) is 11.5. The van der Waals surface area contributed by atoms with Gasteiger partial charge in [-0.1, -0.05) is 6.42 Å². The van der Waals surface area contributed by atoms with Crippen molar-refractivity contribution in [3.8, 4) is 0 Å². The quantitative estimate of drug-likeness (QED) is 0.740. The van der Waals surface area contributed by atoms with E-state index in [4.69, 9.17) is 5.11 Å². The van der Waals surface area contributed by atoms with Crippen molar-refractivity contribution >= 4 is 5.97 Å². The molecule has 1 aliphatic heterocycles. The van der Waals surface area contributed by atoms with Crippen molar-refractivity contribution in [1.29, 1.82) is 0 Å². The summed E-state index contributed by atoms with van der Waals surface area (Å²) in [7, 11) is 0. The highest BCUT2D eigenvalue weighted by molar-refractivity contribution is 5.67. The zero-order valence-electron chi connectivity index (χ0n) is 9.42. The molecule has 82 valence electrons. The van der Waals surface area contributed by atoms with Crippen LogP contribution >= 0.6 is 0 Å². The second-order valence-corrected chi connectivity index (χ2v) is 5.11. The topological polar surface area (TPSA) is 40.5 Å². The highest BCUT2D eigenvalue weighted by Gasteiger charge is 2.31. The SMILES string of the molecule is CC(C)(C)N1CCCC[C@@H]1CC(=O)O. The maximum Gasteiger partial charge on any atom is 0.304 e. The van der Waals surface area contributed by atoms with Crippen molar-refractivity contribution in [2.45, 2.75) is 58.0 Å². The van der Waals surface area contributed by atoms with Gasteiger partial charge in [0.05, 0.1) is 6.42 Å².